The van der Waals surface area contributed by atoms with Gasteiger partial charge in [-0.2, -0.15) is 0 Å². The molecule has 0 aliphatic carbocycles. The Labute approximate surface area is 92.5 Å². The van der Waals surface area contributed by atoms with Crippen molar-refractivity contribution >= 4 is 60.0 Å². The van der Waals surface area contributed by atoms with Gasteiger partial charge in [-0.1, -0.05) is 0 Å². The average molecular weight is 332 g/mol. The van der Waals surface area contributed by atoms with Gasteiger partial charge in [0, 0.05) is 0 Å². The summed E-state index contributed by atoms with van der Waals surface area (Å²) >= 11 is 4.42. The summed E-state index contributed by atoms with van der Waals surface area (Å²) in [6.07, 6.45) is 2.98. The molecule has 5 heteroatoms. The Bertz CT molecular complexity index is 110. The molecule has 0 N–H and O–H groups in total. The van der Waals surface area contributed by atoms with Crippen molar-refractivity contribution in [3.63, 3.8) is 0 Å². The van der Waals surface area contributed by atoms with Gasteiger partial charge in [-0.05, 0) is 0 Å². The second-order valence-electron chi connectivity index (χ2n) is 2.46. The van der Waals surface area contributed by atoms with E-state index in [0.717, 1.165) is 9.16 Å². The first-order chi connectivity index (χ1) is 5.45. The van der Waals surface area contributed by atoms with Gasteiger partial charge in [-0.15, -0.1) is 0 Å². The van der Waals surface area contributed by atoms with E-state index in [1.54, 1.807) is 0 Å². The third-order valence-corrected chi connectivity index (χ3v) is 18.2. The Morgan fingerprint density at radius 1 is 1.00 bits per heavy atom. The summed E-state index contributed by atoms with van der Waals surface area (Å²) in [5, 5.41) is 0. The van der Waals surface area contributed by atoms with E-state index in [2.05, 4.69) is 41.2 Å². The van der Waals surface area contributed by atoms with Crippen LogP contribution in [0.2, 0.25) is 0 Å². The Hall–Kier alpha value is 2.22. The number of hydrogen-bond acceptors (Lipinski definition) is 4. The van der Waals surface area contributed by atoms with Gasteiger partial charge in [-0.3, -0.25) is 0 Å². The summed E-state index contributed by atoms with van der Waals surface area (Å²) in [5.41, 5.74) is 0. The Morgan fingerprint density at radius 2 is 1.45 bits per heavy atom. The van der Waals surface area contributed by atoms with Crippen molar-refractivity contribution < 1.29 is 0 Å². The Morgan fingerprint density at radius 3 is 1.73 bits per heavy atom. The van der Waals surface area contributed by atoms with E-state index < -0.39 is 0 Å². The molecule has 0 aromatic rings. The van der Waals surface area contributed by atoms with Crippen LogP contribution >= 0.6 is 41.2 Å². The van der Waals surface area contributed by atoms with Crippen molar-refractivity contribution in [3.05, 3.63) is 0 Å². The van der Waals surface area contributed by atoms with E-state index in [4.69, 9.17) is 0 Å². The van der Waals surface area contributed by atoms with Gasteiger partial charge in [0.25, 0.3) is 0 Å². The molecule has 63 valence electrons. The van der Waals surface area contributed by atoms with Crippen LogP contribution < -0.4 is 0 Å². The second-order valence-corrected chi connectivity index (χ2v) is 15.3. The molecule has 2 rings (SSSR count). The second kappa shape index (κ2) is 5.19. The molecule has 2 atom stereocenters. The van der Waals surface area contributed by atoms with E-state index >= 15 is 0 Å². The normalized spacial score (nSPS) is 36.0. The van der Waals surface area contributed by atoms with E-state index in [0.29, 0.717) is 0 Å². The van der Waals surface area contributed by atoms with Crippen LogP contribution in [0.25, 0.3) is 0 Å². The molecular formula is C6H10S4Sb. The quantitative estimate of drug-likeness (QED) is 0.726. The first kappa shape index (κ1) is 9.76. The summed E-state index contributed by atoms with van der Waals surface area (Å²) in [6.45, 7) is 0. The van der Waals surface area contributed by atoms with E-state index in [1.165, 1.54) is 24.3 Å². The van der Waals surface area contributed by atoms with Crippen molar-refractivity contribution in [2.24, 2.45) is 0 Å². The summed E-state index contributed by atoms with van der Waals surface area (Å²) in [4.78, 5) is 0. The SMILES string of the molecule is C1CC([S][Sb][S]C2CCS2)S1. The molecule has 2 saturated heterocycles. The minimum atomic E-state index is 0.0974. The van der Waals surface area contributed by atoms with Crippen LogP contribution in [0.1, 0.15) is 12.8 Å². The molecule has 1 radical (unpaired) electrons. The summed E-state index contributed by atoms with van der Waals surface area (Å²) in [6, 6.07) is 0. The van der Waals surface area contributed by atoms with Crippen LogP contribution in [0, 0.1) is 0 Å². The van der Waals surface area contributed by atoms with Gasteiger partial charge < -0.3 is 0 Å². The summed E-state index contributed by atoms with van der Waals surface area (Å²) in [5.74, 6) is 2.85. The van der Waals surface area contributed by atoms with Crippen LogP contribution in [0.3, 0.4) is 0 Å². The molecule has 0 amide bonds. The van der Waals surface area contributed by atoms with Crippen LogP contribution in [-0.4, -0.2) is 39.5 Å². The summed E-state index contributed by atoms with van der Waals surface area (Å²) < 4.78 is 2.04. The fraction of sp³-hybridized carbons (Fsp3) is 1.00. The first-order valence-electron chi connectivity index (χ1n) is 3.70. The third-order valence-electron chi connectivity index (χ3n) is 1.64. The van der Waals surface area contributed by atoms with Gasteiger partial charge in [0.2, 0.25) is 0 Å². The molecule has 2 aliphatic heterocycles. The molecule has 0 nitrogen and oxygen atoms in total. The third kappa shape index (κ3) is 3.12. The van der Waals surface area contributed by atoms with Crippen LogP contribution in [-0.2, 0) is 0 Å². The molecular weight excluding hydrogens is 322 g/mol. The first-order valence-corrected chi connectivity index (χ1v) is 13.7. The predicted octanol–water partition coefficient (Wildman–Crippen LogP) is 2.91. The molecule has 2 heterocycles. The number of thioether (sulfide) groups is 2. The Kier molecular flexibility index (Phi) is 4.60. The van der Waals surface area contributed by atoms with E-state index in [-0.39, 0.29) is 18.8 Å². The molecule has 0 spiro atoms. The van der Waals surface area contributed by atoms with Gasteiger partial charge in [-0.25, -0.2) is 0 Å². The van der Waals surface area contributed by atoms with Crippen LogP contribution in [0.4, 0.5) is 0 Å². The van der Waals surface area contributed by atoms with Crippen molar-refractivity contribution in [2.75, 3.05) is 11.5 Å². The molecule has 0 saturated carbocycles. The van der Waals surface area contributed by atoms with Gasteiger partial charge in [0.05, 0.1) is 0 Å². The summed E-state index contributed by atoms with van der Waals surface area (Å²) in [7, 11) is 4.61. The van der Waals surface area contributed by atoms with E-state index in [9.17, 15) is 0 Å². The molecule has 0 bridgehead atoms. The standard InChI is InChI=1S/2C3H6S2.Sb/c2*4-3-1-2-5-3;/h2*3-4H,1-2H2;/q;;+2/p-2. The van der Waals surface area contributed by atoms with Crippen molar-refractivity contribution in [3.8, 4) is 0 Å². The minimum absolute atomic E-state index is 0.0974. The van der Waals surface area contributed by atoms with Crippen molar-refractivity contribution in [2.45, 2.75) is 22.0 Å². The van der Waals surface area contributed by atoms with Crippen molar-refractivity contribution in [1.29, 1.82) is 0 Å². The van der Waals surface area contributed by atoms with Crippen LogP contribution in [0.15, 0.2) is 0 Å². The maximum atomic E-state index is 2.30. The van der Waals surface area contributed by atoms with Gasteiger partial charge in [0.15, 0.2) is 0 Å². The fourth-order valence-corrected chi connectivity index (χ4v) is 19.8. The zero-order valence-electron chi connectivity index (χ0n) is 6.06. The molecule has 11 heavy (non-hydrogen) atoms. The molecule has 2 fully saturated rings. The van der Waals surface area contributed by atoms with Crippen LogP contribution in [0.5, 0.6) is 0 Å². The number of hydrogen-bond donors (Lipinski definition) is 0. The monoisotopic (exact) mass is 331 g/mol. The maximum absolute atomic E-state index is 2.30. The average Bonchev–Trinajstić information content (AvgIpc) is 1.79. The van der Waals surface area contributed by atoms with Crippen molar-refractivity contribution in [1.82, 2.24) is 0 Å². The zero-order valence-corrected chi connectivity index (χ0v) is 11.9. The zero-order chi connectivity index (χ0) is 7.52. The molecule has 2 aliphatic rings. The number of rotatable bonds is 4. The van der Waals surface area contributed by atoms with E-state index in [1.807, 2.05) is 0 Å². The topological polar surface area (TPSA) is 0 Å². The Balaban J connectivity index is 1.46. The molecule has 0 aromatic heterocycles. The molecule has 0 aromatic carbocycles. The fourth-order valence-electron chi connectivity index (χ4n) is 0.715. The van der Waals surface area contributed by atoms with Gasteiger partial charge >= 0.3 is 93.5 Å². The van der Waals surface area contributed by atoms with Gasteiger partial charge in [0.1, 0.15) is 0 Å². The molecule has 2 unspecified atom stereocenters. The predicted molar refractivity (Wildman–Crippen MR) is 62.7 cm³/mol.